The summed E-state index contributed by atoms with van der Waals surface area (Å²) in [6.07, 6.45) is 0. The second-order valence-corrected chi connectivity index (χ2v) is 6.23. The molecule has 6 nitrogen and oxygen atoms in total. The Hall–Kier alpha value is -1.89. The first kappa shape index (κ1) is 14.5. The van der Waals surface area contributed by atoms with Crippen molar-refractivity contribution < 1.29 is 14.4 Å². The van der Waals surface area contributed by atoms with Gasteiger partial charge in [0, 0.05) is 4.88 Å². The molecule has 2 rings (SSSR count). The third kappa shape index (κ3) is 2.82. The molecule has 1 aliphatic heterocycles. The first-order chi connectivity index (χ1) is 9.31. The third-order valence-electron chi connectivity index (χ3n) is 3.09. The van der Waals surface area contributed by atoms with Crippen molar-refractivity contribution in [2.24, 2.45) is 0 Å². The Kier molecular flexibility index (Phi) is 3.80. The molecule has 1 atom stereocenters. The van der Waals surface area contributed by atoms with E-state index in [9.17, 15) is 14.4 Å². The lowest BCUT2D eigenvalue weighted by molar-refractivity contribution is -0.134. The molecule has 108 valence electrons. The van der Waals surface area contributed by atoms with Crippen LogP contribution in [0.15, 0.2) is 17.5 Å². The normalized spacial score (nSPS) is 18.9. The molecule has 1 fully saturated rings. The molecule has 20 heavy (non-hydrogen) atoms. The lowest BCUT2D eigenvalue weighted by Crippen LogP contribution is -2.43. The SMILES string of the molecule is CC(NC(=O)CN1C(=O)NC(C)(C)C1=O)c1cccs1. The van der Waals surface area contributed by atoms with Gasteiger partial charge >= 0.3 is 6.03 Å². The molecular weight excluding hydrogens is 278 g/mol. The van der Waals surface area contributed by atoms with Crippen molar-refractivity contribution in [2.75, 3.05) is 6.54 Å². The Bertz CT molecular complexity index is 539. The van der Waals surface area contributed by atoms with E-state index in [0.717, 1.165) is 9.78 Å². The lowest BCUT2D eigenvalue weighted by Gasteiger charge is -2.17. The number of nitrogens with zero attached hydrogens (tertiary/aromatic N) is 1. The molecule has 2 N–H and O–H groups in total. The van der Waals surface area contributed by atoms with Gasteiger partial charge in [0.05, 0.1) is 6.04 Å². The Morgan fingerprint density at radius 3 is 2.70 bits per heavy atom. The van der Waals surface area contributed by atoms with E-state index in [1.54, 1.807) is 25.2 Å². The summed E-state index contributed by atoms with van der Waals surface area (Å²) in [5.41, 5.74) is -0.948. The molecule has 1 aliphatic rings. The van der Waals surface area contributed by atoms with Gasteiger partial charge in [-0.15, -0.1) is 11.3 Å². The highest BCUT2D eigenvalue weighted by Gasteiger charge is 2.44. The summed E-state index contributed by atoms with van der Waals surface area (Å²) in [5, 5.41) is 7.24. The number of rotatable bonds is 4. The fourth-order valence-electron chi connectivity index (χ4n) is 2.00. The Labute approximate surface area is 121 Å². The number of amides is 4. The van der Waals surface area contributed by atoms with Crippen molar-refractivity contribution in [1.29, 1.82) is 0 Å². The molecule has 7 heteroatoms. The quantitative estimate of drug-likeness (QED) is 0.821. The smallest absolute Gasteiger partial charge is 0.325 e. The van der Waals surface area contributed by atoms with Crippen LogP contribution in [0.3, 0.4) is 0 Å². The van der Waals surface area contributed by atoms with Gasteiger partial charge in [0.25, 0.3) is 5.91 Å². The summed E-state index contributed by atoms with van der Waals surface area (Å²) in [7, 11) is 0. The molecule has 0 aromatic carbocycles. The number of nitrogens with one attached hydrogen (secondary N) is 2. The van der Waals surface area contributed by atoms with E-state index in [1.165, 1.54) is 0 Å². The first-order valence-electron chi connectivity index (χ1n) is 6.28. The van der Waals surface area contributed by atoms with E-state index in [2.05, 4.69) is 10.6 Å². The molecule has 1 saturated heterocycles. The van der Waals surface area contributed by atoms with E-state index in [-0.39, 0.29) is 24.4 Å². The maximum Gasteiger partial charge on any atom is 0.325 e. The summed E-state index contributed by atoms with van der Waals surface area (Å²) in [6.45, 7) is 4.82. The van der Waals surface area contributed by atoms with Crippen molar-refractivity contribution in [3.8, 4) is 0 Å². The summed E-state index contributed by atoms with van der Waals surface area (Å²) in [5.74, 6) is -0.742. The van der Waals surface area contributed by atoms with Gasteiger partial charge in [-0.2, -0.15) is 0 Å². The number of urea groups is 1. The molecule has 1 unspecified atom stereocenters. The third-order valence-corrected chi connectivity index (χ3v) is 4.15. The summed E-state index contributed by atoms with van der Waals surface area (Å²) in [4.78, 5) is 37.5. The van der Waals surface area contributed by atoms with Crippen LogP contribution in [0.4, 0.5) is 4.79 Å². The molecule has 2 heterocycles. The van der Waals surface area contributed by atoms with Gasteiger partial charge in [0.1, 0.15) is 12.1 Å². The number of carbonyl (C=O) groups excluding carboxylic acids is 3. The zero-order valence-corrected chi connectivity index (χ0v) is 12.4. The molecule has 1 aromatic heterocycles. The minimum atomic E-state index is -0.948. The predicted molar refractivity (Wildman–Crippen MR) is 75.2 cm³/mol. The molecule has 0 bridgehead atoms. The van der Waals surface area contributed by atoms with Gasteiger partial charge in [-0.05, 0) is 32.2 Å². The highest BCUT2D eigenvalue weighted by molar-refractivity contribution is 7.10. The van der Waals surface area contributed by atoms with Crippen molar-refractivity contribution in [3.63, 3.8) is 0 Å². The van der Waals surface area contributed by atoms with Crippen LogP contribution in [0.2, 0.25) is 0 Å². The van der Waals surface area contributed by atoms with Gasteiger partial charge in [-0.3, -0.25) is 14.5 Å². The van der Waals surface area contributed by atoms with E-state index in [0.29, 0.717) is 0 Å². The Morgan fingerprint density at radius 1 is 1.50 bits per heavy atom. The maximum atomic E-state index is 12.0. The Balaban J connectivity index is 1.95. The first-order valence-corrected chi connectivity index (χ1v) is 7.16. The molecule has 1 aromatic rings. The average Bonchev–Trinajstić information content (AvgIpc) is 2.93. The number of hydrogen-bond acceptors (Lipinski definition) is 4. The van der Waals surface area contributed by atoms with Crippen molar-refractivity contribution >= 4 is 29.2 Å². The number of imide groups is 1. The van der Waals surface area contributed by atoms with E-state index in [4.69, 9.17) is 0 Å². The van der Waals surface area contributed by atoms with Crippen LogP contribution in [0.1, 0.15) is 31.7 Å². The zero-order valence-electron chi connectivity index (χ0n) is 11.6. The van der Waals surface area contributed by atoms with E-state index < -0.39 is 11.6 Å². The number of carbonyl (C=O) groups is 3. The van der Waals surface area contributed by atoms with Crippen LogP contribution in [-0.2, 0) is 9.59 Å². The summed E-state index contributed by atoms with van der Waals surface area (Å²) < 4.78 is 0. The average molecular weight is 295 g/mol. The van der Waals surface area contributed by atoms with Crippen molar-refractivity contribution in [2.45, 2.75) is 32.4 Å². The molecule has 0 spiro atoms. The number of thiophene rings is 1. The predicted octanol–water partition coefficient (Wildman–Crippen LogP) is 1.26. The molecule has 0 aliphatic carbocycles. The van der Waals surface area contributed by atoms with Gasteiger partial charge in [0.15, 0.2) is 0 Å². The van der Waals surface area contributed by atoms with E-state index in [1.807, 2.05) is 24.4 Å². The molecule has 0 saturated carbocycles. The maximum absolute atomic E-state index is 12.0. The topological polar surface area (TPSA) is 78.5 Å². The van der Waals surface area contributed by atoms with Crippen LogP contribution < -0.4 is 10.6 Å². The molecular formula is C13H17N3O3S. The monoisotopic (exact) mass is 295 g/mol. The van der Waals surface area contributed by atoms with Crippen molar-refractivity contribution in [3.05, 3.63) is 22.4 Å². The lowest BCUT2D eigenvalue weighted by atomic mass is 10.1. The van der Waals surface area contributed by atoms with E-state index >= 15 is 0 Å². The highest BCUT2D eigenvalue weighted by atomic mass is 32.1. The standard InChI is InChI=1S/C13H17N3O3S/c1-8(9-5-4-6-20-9)14-10(17)7-16-11(18)13(2,3)15-12(16)19/h4-6,8H,7H2,1-3H3,(H,14,17)(H,15,19). The van der Waals surface area contributed by atoms with Crippen molar-refractivity contribution in [1.82, 2.24) is 15.5 Å². The van der Waals surface area contributed by atoms with Crippen LogP contribution in [0.25, 0.3) is 0 Å². The minimum Gasteiger partial charge on any atom is -0.347 e. The molecule has 0 radical (unpaired) electrons. The van der Waals surface area contributed by atoms with Crippen LogP contribution in [0.5, 0.6) is 0 Å². The highest BCUT2D eigenvalue weighted by Crippen LogP contribution is 2.19. The van der Waals surface area contributed by atoms with Gasteiger partial charge in [0.2, 0.25) is 5.91 Å². The minimum absolute atomic E-state index is 0.142. The van der Waals surface area contributed by atoms with Crippen LogP contribution in [-0.4, -0.2) is 34.8 Å². The fourth-order valence-corrected chi connectivity index (χ4v) is 2.74. The van der Waals surface area contributed by atoms with Gasteiger partial charge in [-0.25, -0.2) is 4.79 Å². The summed E-state index contributed by atoms with van der Waals surface area (Å²) in [6, 6.07) is 3.16. The second-order valence-electron chi connectivity index (χ2n) is 5.25. The Morgan fingerprint density at radius 2 is 2.20 bits per heavy atom. The zero-order chi connectivity index (χ0) is 14.9. The van der Waals surface area contributed by atoms with Crippen LogP contribution >= 0.6 is 11.3 Å². The largest absolute Gasteiger partial charge is 0.347 e. The van der Waals surface area contributed by atoms with Gasteiger partial charge < -0.3 is 10.6 Å². The fraction of sp³-hybridized carbons (Fsp3) is 0.462. The van der Waals surface area contributed by atoms with Gasteiger partial charge in [-0.1, -0.05) is 6.07 Å². The molecule has 4 amide bonds. The number of hydrogen-bond donors (Lipinski definition) is 2. The van der Waals surface area contributed by atoms with Crippen LogP contribution in [0, 0.1) is 0 Å². The second kappa shape index (κ2) is 5.24. The summed E-state index contributed by atoms with van der Waals surface area (Å²) >= 11 is 1.54.